The Kier molecular flexibility index (Phi) is 6.11. The summed E-state index contributed by atoms with van der Waals surface area (Å²) in [5.41, 5.74) is 0. The molecule has 1 N–H and O–H groups in total. The van der Waals surface area contributed by atoms with Crippen LogP contribution in [-0.4, -0.2) is 38.9 Å². The third kappa shape index (κ3) is 4.77. The molecule has 0 bridgehead atoms. The van der Waals surface area contributed by atoms with Crippen molar-refractivity contribution in [3.05, 3.63) is 0 Å². The first-order chi connectivity index (χ1) is 9.29. The van der Waals surface area contributed by atoms with Gasteiger partial charge in [-0.1, -0.05) is 0 Å². The van der Waals surface area contributed by atoms with Gasteiger partial charge >= 0.3 is 5.97 Å². The SMILES string of the molecule is COC(=O)C1CCC(NCCC2CCOCC2)CC1. The minimum absolute atomic E-state index is 0.0272. The Hall–Kier alpha value is -0.610. The minimum Gasteiger partial charge on any atom is -0.469 e. The Morgan fingerprint density at radius 2 is 1.84 bits per heavy atom. The van der Waals surface area contributed by atoms with Crippen LogP contribution in [0.3, 0.4) is 0 Å². The van der Waals surface area contributed by atoms with Crippen LogP contribution < -0.4 is 5.32 Å². The van der Waals surface area contributed by atoms with Gasteiger partial charge in [-0.15, -0.1) is 0 Å². The van der Waals surface area contributed by atoms with E-state index in [0.717, 1.165) is 51.4 Å². The molecule has 2 aliphatic rings. The van der Waals surface area contributed by atoms with Gasteiger partial charge < -0.3 is 14.8 Å². The highest BCUT2D eigenvalue weighted by Gasteiger charge is 2.26. The van der Waals surface area contributed by atoms with Gasteiger partial charge in [0.25, 0.3) is 0 Å². The molecule has 0 radical (unpaired) electrons. The molecular weight excluding hydrogens is 242 g/mol. The fourth-order valence-electron chi connectivity index (χ4n) is 3.23. The van der Waals surface area contributed by atoms with Gasteiger partial charge in [0.2, 0.25) is 0 Å². The van der Waals surface area contributed by atoms with Gasteiger partial charge in [0, 0.05) is 19.3 Å². The monoisotopic (exact) mass is 269 g/mol. The van der Waals surface area contributed by atoms with E-state index in [-0.39, 0.29) is 11.9 Å². The number of hydrogen-bond acceptors (Lipinski definition) is 4. The van der Waals surface area contributed by atoms with Crippen molar-refractivity contribution in [1.82, 2.24) is 5.32 Å². The summed E-state index contributed by atoms with van der Waals surface area (Å²) in [5, 5.41) is 3.65. The van der Waals surface area contributed by atoms with Gasteiger partial charge in [0.1, 0.15) is 0 Å². The summed E-state index contributed by atoms with van der Waals surface area (Å²) in [4.78, 5) is 11.4. The lowest BCUT2D eigenvalue weighted by atomic mass is 9.86. The summed E-state index contributed by atoms with van der Waals surface area (Å²) in [6.45, 7) is 2.99. The van der Waals surface area contributed by atoms with E-state index in [1.165, 1.54) is 26.4 Å². The van der Waals surface area contributed by atoms with Crippen molar-refractivity contribution in [2.24, 2.45) is 11.8 Å². The average molecular weight is 269 g/mol. The van der Waals surface area contributed by atoms with E-state index in [1.54, 1.807) is 0 Å². The fourth-order valence-corrected chi connectivity index (χ4v) is 3.23. The van der Waals surface area contributed by atoms with E-state index < -0.39 is 0 Å². The van der Waals surface area contributed by atoms with Gasteiger partial charge in [0.15, 0.2) is 0 Å². The lowest BCUT2D eigenvalue weighted by molar-refractivity contribution is -0.146. The first-order valence-electron chi connectivity index (χ1n) is 7.68. The fraction of sp³-hybridized carbons (Fsp3) is 0.933. The molecule has 0 aromatic rings. The van der Waals surface area contributed by atoms with Crippen molar-refractivity contribution in [2.75, 3.05) is 26.9 Å². The third-order valence-corrected chi connectivity index (χ3v) is 4.59. The van der Waals surface area contributed by atoms with Crippen molar-refractivity contribution < 1.29 is 14.3 Å². The highest BCUT2D eigenvalue weighted by molar-refractivity contribution is 5.72. The van der Waals surface area contributed by atoms with Gasteiger partial charge in [-0.05, 0) is 57.4 Å². The van der Waals surface area contributed by atoms with Crippen LogP contribution in [0.15, 0.2) is 0 Å². The maximum absolute atomic E-state index is 11.4. The molecule has 1 saturated carbocycles. The summed E-state index contributed by atoms with van der Waals surface area (Å²) in [7, 11) is 1.49. The molecule has 0 unspecified atom stereocenters. The van der Waals surface area contributed by atoms with Crippen molar-refractivity contribution in [3.8, 4) is 0 Å². The molecule has 0 atom stereocenters. The summed E-state index contributed by atoms with van der Waals surface area (Å²) in [6, 6.07) is 0.598. The number of rotatable bonds is 5. The van der Waals surface area contributed by atoms with Gasteiger partial charge in [-0.25, -0.2) is 0 Å². The molecule has 0 aromatic carbocycles. The summed E-state index contributed by atoms with van der Waals surface area (Å²) in [6.07, 6.45) is 7.86. The molecule has 19 heavy (non-hydrogen) atoms. The molecule has 4 nitrogen and oxygen atoms in total. The standard InChI is InChI=1S/C15H27NO3/c1-18-15(17)13-2-4-14(5-3-13)16-9-6-12-7-10-19-11-8-12/h12-14,16H,2-11H2,1H3. The van der Waals surface area contributed by atoms with E-state index in [1.807, 2.05) is 0 Å². The van der Waals surface area contributed by atoms with Crippen LogP contribution in [0.25, 0.3) is 0 Å². The highest BCUT2D eigenvalue weighted by Crippen LogP contribution is 2.25. The second-order valence-corrected chi connectivity index (χ2v) is 5.87. The zero-order chi connectivity index (χ0) is 13.5. The molecule has 0 aromatic heterocycles. The molecule has 0 spiro atoms. The molecule has 1 aliphatic heterocycles. The second kappa shape index (κ2) is 7.85. The molecule has 0 amide bonds. The topological polar surface area (TPSA) is 47.6 Å². The van der Waals surface area contributed by atoms with Crippen LogP contribution >= 0.6 is 0 Å². The zero-order valence-electron chi connectivity index (χ0n) is 12.0. The van der Waals surface area contributed by atoms with Crippen LogP contribution in [0.2, 0.25) is 0 Å². The Balaban J connectivity index is 1.56. The van der Waals surface area contributed by atoms with E-state index in [4.69, 9.17) is 9.47 Å². The van der Waals surface area contributed by atoms with Crippen molar-refractivity contribution in [3.63, 3.8) is 0 Å². The Bertz CT molecular complexity index is 269. The summed E-state index contributed by atoms with van der Waals surface area (Å²) in [5.74, 6) is 0.951. The number of esters is 1. The molecule has 1 saturated heterocycles. The lowest BCUT2D eigenvalue weighted by Crippen LogP contribution is -2.36. The number of hydrogen-bond donors (Lipinski definition) is 1. The lowest BCUT2D eigenvalue weighted by Gasteiger charge is -2.29. The number of nitrogens with one attached hydrogen (secondary N) is 1. The van der Waals surface area contributed by atoms with Crippen LogP contribution in [0.5, 0.6) is 0 Å². The highest BCUT2D eigenvalue weighted by atomic mass is 16.5. The Labute approximate surface area is 116 Å². The van der Waals surface area contributed by atoms with Gasteiger partial charge in [0.05, 0.1) is 13.0 Å². The maximum Gasteiger partial charge on any atom is 0.308 e. The number of carbonyl (C=O) groups is 1. The van der Waals surface area contributed by atoms with E-state index in [2.05, 4.69) is 5.32 Å². The second-order valence-electron chi connectivity index (χ2n) is 5.87. The number of methoxy groups -OCH3 is 1. The molecule has 2 rings (SSSR count). The zero-order valence-corrected chi connectivity index (χ0v) is 12.0. The van der Waals surface area contributed by atoms with Crippen molar-refractivity contribution >= 4 is 5.97 Å². The molecule has 1 aliphatic carbocycles. The number of ether oxygens (including phenoxy) is 2. The van der Waals surface area contributed by atoms with Crippen LogP contribution in [0.4, 0.5) is 0 Å². The maximum atomic E-state index is 11.4. The van der Waals surface area contributed by atoms with Crippen LogP contribution in [0.1, 0.15) is 44.9 Å². The molecule has 1 heterocycles. The largest absolute Gasteiger partial charge is 0.469 e. The van der Waals surface area contributed by atoms with Crippen molar-refractivity contribution in [2.45, 2.75) is 51.0 Å². The Morgan fingerprint density at radius 3 is 2.47 bits per heavy atom. The molecule has 4 heteroatoms. The Morgan fingerprint density at radius 1 is 1.16 bits per heavy atom. The quantitative estimate of drug-likeness (QED) is 0.777. The molecule has 110 valence electrons. The predicted molar refractivity (Wildman–Crippen MR) is 73.9 cm³/mol. The predicted octanol–water partition coefficient (Wildman–Crippen LogP) is 2.12. The van der Waals surface area contributed by atoms with Crippen LogP contribution in [-0.2, 0) is 14.3 Å². The molecule has 2 fully saturated rings. The van der Waals surface area contributed by atoms with Gasteiger partial charge in [-0.3, -0.25) is 4.79 Å². The van der Waals surface area contributed by atoms with E-state index >= 15 is 0 Å². The first-order valence-corrected chi connectivity index (χ1v) is 7.68. The van der Waals surface area contributed by atoms with Gasteiger partial charge in [-0.2, -0.15) is 0 Å². The smallest absolute Gasteiger partial charge is 0.308 e. The normalized spacial score (nSPS) is 29.1. The van der Waals surface area contributed by atoms with E-state index in [9.17, 15) is 4.79 Å². The first kappa shape index (κ1) is 14.8. The van der Waals surface area contributed by atoms with Crippen LogP contribution in [0, 0.1) is 11.8 Å². The van der Waals surface area contributed by atoms with Crippen molar-refractivity contribution in [1.29, 1.82) is 0 Å². The molecular formula is C15H27NO3. The average Bonchev–Trinajstić information content (AvgIpc) is 2.48. The van der Waals surface area contributed by atoms with E-state index in [0.29, 0.717) is 6.04 Å². The minimum atomic E-state index is -0.0272. The number of carbonyl (C=O) groups excluding carboxylic acids is 1. The summed E-state index contributed by atoms with van der Waals surface area (Å²) >= 11 is 0. The summed E-state index contributed by atoms with van der Waals surface area (Å²) < 4.78 is 10.2. The third-order valence-electron chi connectivity index (χ3n) is 4.59.